The molecule has 4 aromatic rings. The van der Waals surface area contributed by atoms with E-state index in [0.717, 1.165) is 28.5 Å². The number of hydrogen-bond acceptors (Lipinski definition) is 6. The first-order valence-corrected chi connectivity index (χ1v) is 11.2. The van der Waals surface area contributed by atoms with Crippen LogP contribution in [-0.2, 0) is 25.1 Å². The number of hydrogen-bond donors (Lipinski definition) is 1. The first-order valence-electron chi connectivity index (χ1n) is 10.2. The molecule has 2 aromatic heterocycles. The van der Waals surface area contributed by atoms with Crippen molar-refractivity contribution >= 4 is 34.4 Å². The molecule has 4 rings (SSSR count). The van der Waals surface area contributed by atoms with Gasteiger partial charge in [0.1, 0.15) is 10.4 Å². The van der Waals surface area contributed by atoms with Crippen molar-refractivity contribution in [3.63, 3.8) is 0 Å². The van der Waals surface area contributed by atoms with Gasteiger partial charge in [-0.05, 0) is 12.1 Å². The topological polar surface area (TPSA) is 98.9 Å². The molecule has 35 heavy (non-hydrogen) atoms. The van der Waals surface area contributed by atoms with Gasteiger partial charge < -0.3 is 5.32 Å². The highest BCUT2D eigenvalue weighted by molar-refractivity contribution is 8.00. The van der Waals surface area contributed by atoms with Gasteiger partial charge in [0.25, 0.3) is 5.56 Å². The van der Waals surface area contributed by atoms with Crippen molar-refractivity contribution < 1.29 is 18.0 Å². The molecule has 0 saturated carbocycles. The first kappa shape index (κ1) is 24.2. The number of carbonyl (C=O) groups is 1. The molecular formula is C23H18F3N5O3S. The summed E-state index contributed by atoms with van der Waals surface area (Å²) in [6, 6.07) is 13.5. The van der Waals surface area contributed by atoms with Crippen LogP contribution in [0.5, 0.6) is 0 Å². The van der Waals surface area contributed by atoms with Gasteiger partial charge in [-0.3, -0.25) is 18.7 Å². The van der Waals surface area contributed by atoms with E-state index in [1.54, 1.807) is 30.3 Å². The zero-order chi connectivity index (χ0) is 25.3. The molecule has 0 saturated heterocycles. The third-order valence-electron chi connectivity index (χ3n) is 5.15. The summed E-state index contributed by atoms with van der Waals surface area (Å²) in [5.74, 6) is -0.827. The number of alkyl halides is 3. The highest BCUT2D eigenvalue weighted by atomic mass is 32.2. The van der Waals surface area contributed by atoms with Crippen molar-refractivity contribution in [1.29, 1.82) is 0 Å². The van der Waals surface area contributed by atoms with E-state index < -0.39 is 28.9 Å². The van der Waals surface area contributed by atoms with Crippen LogP contribution in [0, 0.1) is 0 Å². The second-order valence-electron chi connectivity index (χ2n) is 7.50. The zero-order valence-electron chi connectivity index (χ0n) is 18.5. The summed E-state index contributed by atoms with van der Waals surface area (Å²) in [6.07, 6.45) is -4.64. The van der Waals surface area contributed by atoms with Crippen LogP contribution in [0.25, 0.3) is 22.4 Å². The van der Waals surface area contributed by atoms with E-state index in [9.17, 15) is 27.6 Å². The normalized spacial score (nSPS) is 11.6. The minimum atomic E-state index is -4.64. The molecule has 0 unspecified atom stereocenters. The monoisotopic (exact) mass is 501 g/mol. The summed E-state index contributed by atoms with van der Waals surface area (Å²) in [6.45, 7) is 0. The quantitative estimate of drug-likeness (QED) is 0.332. The molecule has 2 aromatic carbocycles. The van der Waals surface area contributed by atoms with Gasteiger partial charge in [-0.25, -0.2) is 14.8 Å². The van der Waals surface area contributed by atoms with Crippen LogP contribution in [0.3, 0.4) is 0 Å². The number of nitrogens with one attached hydrogen (secondary N) is 1. The van der Waals surface area contributed by atoms with Gasteiger partial charge in [0, 0.05) is 19.7 Å². The lowest BCUT2D eigenvalue weighted by Gasteiger charge is -2.14. The van der Waals surface area contributed by atoms with Gasteiger partial charge >= 0.3 is 11.9 Å². The Morgan fingerprint density at radius 3 is 2.31 bits per heavy atom. The number of nitrogens with zero attached hydrogens (tertiary/aromatic N) is 4. The third kappa shape index (κ3) is 4.83. The summed E-state index contributed by atoms with van der Waals surface area (Å²) in [5, 5.41) is 2.43. The van der Waals surface area contributed by atoms with Crippen molar-refractivity contribution in [1.82, 2.24) is 19.1 Å². The van der Waals surface area contributed by atoms with Crippen LogP contribution >= 0.6 is 11.8 Å². The minimum absolute atomic E-state index is 0.0303. The Kier molecular flexibility index (Phi) is 6.48. The smallest absolute Gasteiger partial charge is 0.325 e. The number of benzene rings is 2. The Labute approximate surface area is 200 Å². The van der Waals surface area contributed by atoms with Crippen LogP contribution in [0.4, 0.5) is 18.9 Å². The summed E-state index contributed by atoms with van der Waals surface area (Å²) in [4.78, 5) is 46.7. The molecule has 12 heteroatoms. The lowest BCUT2D eigenvalue weighted by atomic mass is 10.1. The van der Waals surface area contributed by atoms with E-state index in [0.29, 0.717) is 5.56 Å². The summed E-state index contributed by atoms with van der Waals surface area (Å²) in [5.41, 5.74) is -1.88. The highest BCUT2D eigenvalue weighted by Gasteiger charge is 2.33. The van der Waals surface area contributed by atoms with Crippen molar-refractivity contribution in [2.45, 2.75) is 11.2 Å². The second kappa shape index (κ2) is 9.37. The molecule has 0 aliphatic heterocycles. The van der Waals surface area contributed by atoms with Gasteiger partial charge in [0.2, 0.25) is 5.91 Å². The van der Waals surface area contributed by atoms with Gasteiger partial charge in [-0.2, -0.15) is 13.2 Å². The predicted octanol–water partition coefficient (Wildman–Crippen LogP) is 3.44. The van der Waals surface area contributed by atoms with Crippen LogP contribution < -0.4 is 16.6 Å². The zero-order valence-corrected chi connectivity index (χ0v) is 19.3. The van der Waals surface area contributed by atoms with E-state index in [2.05, 4.69) is 15.3 Å². The fourth-order valence-electron chi connectivity index (χ4n) is 3.41. The Hall–Kier alpha value is -3.93. The maximum atomic E-state index is 13.2. The maximum Gasteiger partial charge on any atom is 0.418 e. The van der Waals surface area contributed by atoms with Crippen molar-refractivity contribution in [3.8, 4) is 11.4 Å². The number of carbonyl (C=O) groups excluding carboxylic acids is 1. The Bertz CT molecular complexity index is 1550. The van der Waals surface area contributed by atoms with Crippen LogP contribution in [0.1, 0.15) is 5.56 Å². The van der Waals surface area contributed by atoms with Crippen LogP contribution in [-0.4, -0.2) is 30.8 Å². The minimum Gasteiger partial charge on any atom is -0.325 e. The van der Waals surface area contributed by atoms with Gasteiger partial charge in [0.05, 0.1) is 17.0 Å². The van der Waals surface area contributed by atoms with E-state index in [1.807, 2.05) is 0 Å². The Morgan fingerprint density at radius 2 is 1.63 bits per heavy atom. The number of fused-ring (bicyclic) bond motifs is 1. The maximum absolute atomic E-state index is 13.2. The number of rotatable bonds is 5. The fourth-order valence-corrected chi connectivity index (χ4v) is 4.22. The molecule has 0 bridgehead atoms. The van der Waals surface area contributed by atoms with Gasteiger partial charge in [0.15, 0.2) is 11.5 Å². The van der Waals surface area contributed by atoms with Crippen molar-refractivity contribution in [2.24, 2.45) is 14.1 Å². The molecule has 180 valence electrons. The molecule has 2 heterocycles. The molecule has 8 nitrogen and oxygen atoms in total. The number of anilines is 1. The third-order valence-corrected chi connectivity index (χ3v) is 6.12. The number of thioether (sulfide) groups is 1. The molecule has 1 N–H and O–H groups in total. The first-order chi connectivity index (χ1) is 16.6. The molecule has 0 spiro atoms. The van der Waals surface area contributed by atoms with Crippen molar-refractivity contribution in [2.75, 3.05) is 11.1 Å². The summed E-state index contributed by atoms with van der Waals surface area (Å²) in [7, 11) is 2.77. The average molecular weight is 501 g/mol. The lowest BCUT2D eigenvalue weighted by Crippen LogP contribution is -2.37. The van der Waals surface area contributed by atoms with E-state index in [1.165, 1.54) is 30.8 Å². The number of aryl methyl sites for hydroxylation is 1. The summed E-state index contributed by atoms with van der Waals surface area (Å²) >= 11 is 0.864. The van der Waals surface area contributed by atoms with Crippen molar-refractivity contribution in [3.05, 3.63) is 81.0 Å². The summed E-state index contributed by atoms with van der Waals surface area (Å²) < 4.78 is 41.8. The Morgan fingerprint density at radius 1 is 0.971 bits per heavy atom. The van der Waals surface area contributed by atoms with E-state index in [-0.39, 0.29) is 33.3 Å². The van der Waals surface area contributed by atoms with Gasteiger partial charge in [-0.1, -0.05) is 54.2 Å². The lowest BCUT2D eigenvalue weighted by molar-refractivity contribution is -0.137. The van der Waals surface area contributed by atoms with E-state index in [4.69, 9.17) is 0 Å². The number of halogens is 3. The second-order valence-corrected chi connectivity index (χ2v) is 8.47. The molecule has 0 atom stereocenters. The highest BCUT2D eigenvalue weighted by Crippen LogP contribution is 2.34. The number of para-hydroxylation sites is 1. The molecule has 0 aliphatic carbocycles. The predicted molar refractivity (Wildman–Crippen MR) is 126 cm³/mol. The number of amides is 1. The molecule has 0 aliphatic rings. The Balaban J connectivity index is 1.73. The fraction of sp³-hybridized carbons (Fsp3) is 0.174. The van der Waals surface area contributed by atoms with E-state index >= 15 is 0 Å². The average Bonchev–Trinajstić information content (AvgIpc) is 2.84. The molecule has 1 amide bonds. The largest absolute Gasteiger partial charge is 0.418 e. The number of aromatic nitrogens is 4. The van der Waals surface area contributed by atoms with Crippen LogP contribution in [0.2, 0.25) is 0 Å². The van der Waals surface area contributed by atoms with Crippen LogP contribution in [0.15, 0.2) is 69.2 Å². The SMILES string of the molecule is Cn1c(=O)c2c(SCC(=O)Nc3ccccc3C(F)(F)F)nc(-c3ccccc3)nc2n(C)c1=O. The molecule has 0 fully saturated rings. The van der Waals surface area contributed by atoms with Gasteiger partial charge in [-0.15, -0.1) is 0 Å². The molecular weight excluding hydrogens is 483 g/mol. The standard InChI is InChI=1S/C23H18F3N5O3S/c1-30-19-17(21(33)31(2)22(30)34)20(29-18(28-19)13-8-4-3-5-9-13)35-12-16(32)27-15-11-7-6-10-14(15)23(24,25)26/h3-11H,12H2,1-2H3,(H,27,32). The molecule has 0 radical (unpaired) electrons.